The molecule has 4 rings (SSSR count). The summed E-state index contributed by atoms with van der Waals surface area (Å²) in [4.78, 5) is 0. The molecule has 0 aromatic heterocycles. The summed E-state index contributed by atoms with van der Waals surface area (Å²) in [6, 6.07) is 14.7. The average molecular weight is 522 g/mol. The van der Waals surface area contributed by atoms with Gasteiger partial charge >= 0.3 is 0 Å². The number of rotatable bonds is 4. The van der Waals surface area contributed by atoms with Gasteiger partial charge < -0.3 is 10.8 Å². The normalized spacial score (nSPS) is 18.9. The molecule has 38 heavy (non-hydrogen) atoms. The highest BCUT2D eigenvalue weighted by atomic mass is 19.1. The van der Waals surface area contributed by atoms with E-state index in [-0.39, 0.29) is 17.3 Å². The van der Waals surface area contributed by atoms with Crippen LogP contribution in [0.15, 0.2) is 96.3 Å². The largest absolute Gasteiger partial charge is 0.402 e. The third-order valence-corrected chi connectivity index (χ3v) is 6.79. The van der Waals surface area contributed by atoms with Crippen molar-refractivity contribution >= 4 is 0 Å². The summed E-state index contributed by atoms with van der Waals surface area (Å²) in [5.74, 6) is -0.171. The SMILES string of the molecule is C=C(N)Cc1ccccc1CC.C=CC1=C(C)C=C2CCC(O)C2(C)C1.CC.CC.Cc1ccc(F)cc1. The topological polar surface area (TPSA) is 46.2 Å². The van der Waals surface area contributed by atoms with Gasteiger partial charge in [0, 0.05) is 17.5 Å². The molecule has 3 heteroatoms. The molecule has 2 aliphatic carbocycles. The maximum Gasteiger partial charge on any atom is 0.123 e. The van der Waals surface area contributed by atoms with Crippen LogP contribution >= 0.6 is 0 Å². The van der Waals surface area contributed by atoms with E-state index in [2.05, 4.69) is 58.2 Å². The van der Waals surface area contributed by atoms with Crippen molar-refractivity contribution in [3.63, 3.8) is 0 Å². The van der Waals surface area contributed by atoms with Crippen LogP contribution in [0.4, 0.5) is 4.39 Å². The van der Waals surface area contributed by atoms with E-state index in [4.69, 9.17) is 5.73 Å². The number of fused-ring (bicyclic) bond motifs is 1. The monoisotopic (exact) mass is 521 g/mol. The molecule has 1 saturated carbocycles. The Labute approximate surface area is 232 Å². The first kappa shape index (κ1) is 35.1. The van der Waals surface area contributed by atoms with Crippen LogP contribution < -0.4 is 5.73 Å². The third kappa shape index (κ3) is 10.8. The molecule has 2 aromatic rings. The van der Waals surface area contributed by atoms with Crippen LogP contribution in [0.1, 0.15) is 84.4 Å². The summed E-state index contributed by atoms with van der Waals surface area (Å²) in [5.41, 5.74) is 14.1. The Morgan fingerprint density at radius 3 is 2.08 bits per heavy atom. The Bertz CT molecular complexity index is 1030. The quantitative estimate of drug-likeness (QED) is 0.421. The smallest absolute Gasteiger partial charge is 0.123 e. The number of hydrogen-bond donors (Lipinski definition) is 2. The molecule has 0 amide bonds. The molecule has 210 valence electrons. The van der Waals surface area contributed by atoms with E-state index in [1.165, 1.54) is 40.0 Å². The van der Waals surface area contributed by atoms with Crippen molar-refractivity contribution in [3.8, 4) is 0 Å². The van der Waals surface area contributed by atoms with Crippen LogP contribution in [0.2, 0.25) is 0 Å². The molecule has 0 aliphatic heterocycles. The number of aryl methyl sites for hydroxylation is 2. The van der Waals surface area contributed by atoms with Gasteiger partial charge in [0.1, 0.15) is 5.82 Å². The number of hydrogen-bond acceptors (Lipinski definition) is 2. The van der Waals surface area contributed by atoms with E-state index in [1.807, 2.05) is 46.8 Å². The summed E-state index contributed by atoms with van der Waals surface area (Å²) in [7, 11) is 0. The molecule has 2 unspecified atom stereocenters. The maximum atomic E-state index is 12.1. The first-order valence-electron chi connectivity index (χ1n) is 14.0. The fraction of sp³-hybridized carbons (Fsp3) is 0.429. The lowest BCUT2D eigenvalue weighted by Crippen LogP contribution is -2.30. The lowest BCUT2D eigenvalue weighted by Gasteiger charge is -2.34. The number of halogens is 1. The van der Waals surface area contributed by atoms with E-state index in [9.17, 15) is 9.50 Å². The van der Waals surface area contributed by atoms with Gasteiger partial charge in [0.25, 0.3) is 0 Å². The van der Waals surface area contributed by atoms with Crippen LogP contribution in [-0.2, 0) is 12.8 Å². The molecular weight excluding hydrogens is 469 g/mol. The molecule has 0 bridgehead atoms. The zero-order valence-electron chi connectivity index (χ0n) is 25.2. The average Bonchev–Trinajstić information content (AvgIpc) is 3.21. The first-order valence-corrected chi connectivity index (χ1v) is 14.0. The van der Waals surface area contributed by atoms with Gasteiger partial charge in [-0.25, -0.2) is 4.39 Å². The zero-order chi connectivity index (χ0) is 29.3. The Kier molecular flexibility index (Phi) is 17.0. The second-order valence-corrected chi connectivity index (χ2v) is 9.48. The molecule has 3 N–H and O–H groups in total. The molecule has 2 aromatic carbocycles. The van der Waals surface area contributed by atoms with Crippen molar-refractivity contribution in [1.29, 1.82) is 0 Å². The molecule has 0 spiro atoms. The molecule has 2 aliphatic rings. The third-order valence-electron chi connectivity index (χ3n) is 6.79. The molecule has 1 fully saturated rings. The lowest BCUT2D eigenvalue weighted by molar-refractivity contribution is 0.0835. The van der Waals surface area contributed by atoms with Crippen molar-refractivity contribution in [1.82, 2.24) is 0 Å². The molecule has 0 radical (unpaired) electrons. The number of aliphatic hydroxyl groups excluding tert-OH is 1. The predicted octanol–water partition coefficient (Wildman–Crippen LogP) is 9.43. The lowest BCUT2D eigenvalue weighted by atomic mass is 9.72. The Hall–Kier alpha value is -2.91. The second kappa shape index (κ2) is 18.4. The highest BCUT2D eigenvalue weighted by molar-refractivity contribution is 5.43. The number of aliphatic hydroxyl groups is 1. The fourth-order valence-electron chi connectivity index (χ4n) is 4.55. The van der Waals surface area contributed by atoms with Crippen molar-refractivity contribution in [3.05, 3.63) is 119 Å². The van der Waals surface area contributed by atoms with E-state index < -0.39 is 0 Å². The van der Waals surface area contributed by atoms with Gasteiger partial charge in [0.05, 0.1) is 6.10 Å². The van der Waals surface area contributed by atoms with Crippen LogP contribution in [0, 0.1) is 18.2 Å². The highest BCUT2D eigenvalue weighted by Gasteiger charge is 2.43. The number of nitrogens with two attached hydrogens (primary N) is 1. The molecule has 2 atom stereocenters. The predicted molar refractivity (Wildman–Crippen MR) is 166 cm³/mol. The Morgan fingerprint density at radius 2 is 1.61 bits per heavy atom. The van der Waals surface area contributed by atoms with E-state index >= 15 is 0 Å². The van der Waals surface area contributed by atoms with Gasteiger partial charge in [-0.2, -0.15) is 0 Å². The highest BCUT2D eigenvalue weighted by Crippen LogP contribution is 2.50. The van der Waals surface area contributed by atoms with E-state index in [0.29, 0.717) is 0 Å². The van der Waals surface area contributed by atoms with Gasteiger partial charge in [-0.1, -0.05) is 114 Å². The fourth-order valence-corrected chi connectivity index (χ4v) is 4.55. The minimum absolute atomic E-state index is 0.0109. The zero-order valence-corrected chi connectivity index (χ0v) is 25.2. The summed E-state index contributed by atoms with van der Waals surface area (Å²) in [6.07, 6.45) is 8.79. The summed E-state index contributed by atoms with van der Waals surface area (Å²) in [5, 5.41) is 9.99. The van der Waals surface area contributed by atoms with Crippen LogP contribution in [0.25, 0.3) is 0 Å². The van der Waals surface area contributed by atoms with Crippen molar-refractivity contribution in [2.24, 2.45) is 11.1 Å². The van der Waals surface area contributed by atoms with Crippen LogP contribution in [0.5, 0.6) is 0 Å². The van der Waals surface area contributed by atoms with Gasteiger partial charge in [0.15, 0.2) is 0 Å². The van der Waals surface area contributed by atoms with E-state index in [1.54, 1.807) is 12.1 Å². The Balaban J connectivity index is 0.000000521. The van der Waals surface area contributed by atoms with E-state index in [0.717, 1.165) is 43.4 Å². The van der Waals surface area contributed by atoms with Crippen LogP contribution in [-0.4, -0.2) is 11.2 Å². The summed E-state index contributed by atoms with van der Waals surface area (Å²) in [6.45, 7) is 23.9. The summed E-state index contributed by atoms with van der Waals surface area (Å²) >= 11 is 0. The minimum atomic E-state index is -0.171. The maximum absolute atomic E-state index is 12.1. The molecular formula is C35H52FNO. The van der Waals surface area contributed by atoms with Gasteiger partial charge in [-0.15, -0.1) is 0 Å². The minimum Gasteiger partial charge on any atom is -0.402 e. The number of benzene rings is 2. The van der Waals surface area contributed by atoms with Gasteiger partial charge in [-0.3, -0.25) is 0 Å². The second-order valence-electron chi connectivity index (χ2n) is 9.48. The van der Waals surface area contributed by atoms with Crippen molar-refractivity contribution in [2.75, 3.05) is 0 Å². The van der Waals surface area contributed by atoms with Gasteiger partial charge in [-0.05, 0) is 73.9 Å². The number of allylic oxidation sites excluding steroid dienone is 5. The Morgan fingerprint density at radius 1 is 1.05 bits per heavy atom. The van der Waals surface area contributed by atoms with Crippen LogP contribution in [0.3, 0.4) is 0 Å². The molecule has 0 heterocycles. The van der Waals surface area contributed by atoms with Crippen molar-refractivity contribution < 1.29 is 9.50 Å². The van der Waals surface area contributed by atoms with Crippen molar-refractivity contribution in [2.45, 2.75) is 93.6 Å². The summed E-state index contributed by atoms with van der Waals surface area (Å²) < 4.78 is 12.1. The molecule has 0 saturated heterocycles. The molecule has 2 nitrogen and oxygen atoms in total. The first-order chi connectivity index (χ1) is 18.1. The van der Waals surface area contributed by atoms with Gasteiger partial charge in [0.2, 0.25) is 0 Å². The standard InChI is InChI=1S/C13H18O.C11H15N.C7H7F.2C2H6/c1-4-10-8-13(3)11(7-9(10)2)5-6-12(13)14;1-3-10-6-4-5-7-11(10)8-9(2)12;1-6-2-4-7(8)5-3-6;2*1-2/h4,7,12,14H,1,5-6,8H2,2-3H3;4-7H,2-3,8,12H2,1H3;2-5H,1H3;2*1-2H3.